The first kappa shape index (κ1) is 16.3. The molecular formula is C17H26BrN3. The molecule has 0 amide bonds. The first-order valence-corrected chi connectivity index (χ1v) is 8.16. The van der Waals surface area contributed by atoms with Gasteiger partial charge >= 0.3 is 5.95 Å². The Labute approximate surface area is 138 Å². The van der Waals surface area contributed by atoms with Crippen LogP contribution < -0.4 is 26.9 Å². The number of benzene rings is 1. The van der Waals surface area contributed by atoms with Crippen LogP contribution in [0, 0.1) is 0 Å². The summed E-state index contributed by atoms with van der Waals surface area (Å²) in [5, 5.41) is 3.60. The summed E-state index contributed by atoms with van der Waals surface area (Å²) >= 11 is 0. The number of nitrogens with one attached hydrogen (secondary N) is 1. The number of hydrogen-bond acceptors (Lipinski definition) is 1. The Hall–Kier alpha value is -1.03. The highest BCUT2D eigenvalue weighted by atomic mass is 79.9. The minimum Gasteiger partial charge on any atom is -1.00 e. The van der Waals surface area contributed by atoms with E-state index in [-0.39, 0.29) is 17.0 Å². The second-order valence-corrected chi connectivity index (χ2v) is 5.81. The van der Waals surface area contributed by atoms with E-state index in [2.05, 4.69) is 45.6 Å². The Morgan fingerprint density at radius 3 is 2.81 bits per heavy atom. The summed E-state index contributed by atoms with van der Waals surface area (Å²) in [7, 11) is 0. The molecule has 0 spiro atoms. The zero-order valence-corrected chi connectivity index (χ0v) is 14.5. The highest BCUT2D eigenvalue weighted by Crippen LogP contribution is 2.21. The Morgan fingerprint density at radius 1 is 1.14 bits per heavy atom. The van der Waals surface area contributed by atoms with Crippen LogP contribution in [0.5, 0.6) is 0 Å². The molecule has 0 radical (unpaired) electrons. The predicted octanol–water partition coefficient (Wildman–Crippen LogP) is 0.719. The van der Waals surface area contributed by atoms with E-state index in [0.717, 1.165) is 19.6 Å². The standard InChI is InChI=1S/C17H25N3.BrH/c1-2-3-4-5-8-13-19-15-10-6-7-11-16(15)20-14-9-12-18-17(19)20;/h6-7,10-11H,2-5,8-9,12-14H2,1H3;1H. The number of hydrogen-bond donors (Lipinski definition) is 1. The molecule has 0 bridgehead atoms. The Balaban J connectivity index is 0.00000161. The monoisotopic (exact) mass is 351 g/mol. The van der Waals surface area contributed by atoms with E-state index < -0.39 is 0 Å². The number of aromatic nitrogens is 2. The first-order chi connectivity index (χ1) is 9.92. The second-order valence-electron chi connectivity index (χ2n) is 5.81. The summed E-state index contributed by atoms with van der Waals surface area (Å²) < 4.78 is 4.94. The molecule has 1 aromatic carbocycles. The van der Waals surface area contributed by atoms with Crippen LogP contribution in [-0.4, -0.2) is 11.1 Å². The first-order valence-electron chi connectivity index (χ1n) is 8.16. The van der Waals surface area contributed by atoms with Crippen LogP contribution >= 0.6 is 0 Å². The molecule has 0 unspecified atom stereocenters. The van der Waals surface area contributed by atoms with Gasteiger partial charge in [-0.3, -0.25) is 5.32 Å². The summed E-state index contributed by atoms with van der Waals surface area (Å²) in [5.74, 6) is 1.31. The molecule has 0 saturated heterocycles. The summed E-state index contributed by atoms with van der Waals surface area (Å²) in [5.41, 5.74) is 2.76. The third-order valence-electron chi connectivity index (χ3n) is 4.30. The lowest BCUT2D eigenvalue weighted by Crippen LogP contribution is -3.00. The van der Waals surface area contributed by atoms with Crippen molar-refractivity contribution in [2.24, 2.45) is 0 Å². The van der Waals surface area contributed by atoms with Gasteiger partial charge in [-0.25, -0.2) is 9.13 Å². The highest BCUT2D eigenvalue weighted by Gasteiger charge is 2.25. The molecule has 0 saturated carbocycles. The molecule has 0 aliphatic carbocycles. The summed E-state index contributed by atoms with van der Waals surface area (Å²) in [6.07, 6.45) is 7.92. The lowest BCUT2D eigenvalue weighted by atomic mass is 10.1. The Morgan fingerprint density at radius 2 is 1.95 bits per heavy atom. The van der Waals surface area contributed by atoms with Crippen molar-refractivity contribution in [2.45, 2.75) is 58.5 Å². The van der Waals surface area contributed by atoms with Gasteiger partial charge in [-0.1, -0.05) is 44.7 Å². The van der Waals surface area contributed by atoms with Gasteiger partial charge in [0.2, 0.25) is 0 Å². The maximum Gasteiger partial charge on any atom is 0.358 e. The van der Waals surface area contributed by atoms with E-state index in [4.69, 9.17) is 0 Å². The van der Waals surface area contributed by atoms with Gasteiger partial charge in [-0.15, -0.1) is 0 Å². The molecule has 2 aromatic rings. The zero-order valence-electron chi connectivity index (χ0n) is 12.9. The van der Waals surface area contributed by atoms with Crippen molar-refractivity contribution in [2.75, 3.05) is 11.9 Å². The molecule has 2 heterocycles. The van der Waals surface area contributed by atoms with Crippen LogP contribution in [0.2, 0.25) is 0 Å². The van der Waals surface area contributed by atoms with Gasteiger partial charge in [0.15, 0.2) is 0 Å². The number of para-hydroxylation sites is 2. The van der Waals surface area contributed by atoms with Gasteiger partial charge in [0.05, 0.1) is 19.6 Å². The predicted molar refractivity (Wildman–Crippen MR) is 84.0 cm³/mol. The number of nitrogens with zero attached hydrogens (tertiary/aromatic N) is 2. The fourth-order valence-electron chi connectivity index (χ4n) is 3.25. The average Bonchev–Trinajstić information content (AvgIpc) is 2.82. The number of unbranched alkanes of at least 4 members (excludes halogenated alkanes) is 4. The van der Waals surface area contributed by atoms with Gasteiger partial charge < -0.3 is 17.0 Å². The smallest absolute Gasteiger partial charge is 0.358 e. The second kappa shape index (κ2) is 7.83. The minimum absolute atomic E-state index is 0. The van der Waals surface area contributed by atoms with E-state index in [1.54, 1.807) is 0 Å². The lowest BCUT2D eigenvalue weighted by Gasteiger charge is -2.11. The van der Waals surface area contributed by atoms with Gasteiger partial charge in [0.1, 0.15) is 11.0 Å². The molecule has 21 heavy (non-hydrogen) atoms. The average molecular weight is 352 g/mol. The molecule has 0 atom stereocenters. The largest absolute Gasteiger partial charge is 1.00 e. The highest BCUT2D eigenvalue weighted by molar-refractivity contribution is 5.74. The lowest BCUT2D eigenvalue weighted by molar-refractivity contribution is -0.661. The van der Waals surface area contributed by atoms with Gasteiger partial charge in [-0.2, -0.15) is 0 Å². The van der Waals surface area contributed by atoms with E-state index in [1.807, 2.05) is 0 Å². The van der Waals surface area contributed by atoms with Crippen LogP contribution in [0.3, 0.4) is 0 Å². The molecule has 1 aromatic heterocycles. The topological polar surface area (TPSA) is 20.8 Å². The summed E-state index contributed by atoms with van der Waals surface area (Å²) in [4.78, 5) is 0. The fourth-order valence-corrected chi connectivity index (χ4v) is 3.25. The van der Waals surface area contributed by atoms with Crippen molar-refractivity contribution in [3.8, 4) is 0 Å². The van der Waals surface area contributed by atoms with Crippen LogP contribution in [0.4, 0.5) is 5.95 Å². The van der Waals surface area contributed by atoms with E-state index in [9.17, 15) is 0 Å². The van der Waals surface area contributed by atoms with Crippen molar-refractivity contribution in [3.63, 3.8) is 0 Å². The van der Waals surface area contributed by atoms with Crippen LogP contribution in [-0.2, 0) is 13.1 Å². The fraction of sp³-hybridized carbons (Fsp3) is 0.588. The van der Waals surface area contributed by atoms with E-state index in [1.165, 1.54) is 55.5 Å². The molecule has 1 aliphatic rings. The van der Waals surface area contributed by atoms with Crippen molar-refractivity contribution >= 4 is 17.0 Å². The van der Waals surface area contributed by atoms with Crippen molar-refractivity contribution < 1.29 is 21.5 Å². The molecule has 1 N–H and O–H groups in total. The molecular weight excluding hydrogens is 326 g/mol. The van der Waals surface area contributed by atoms with Gasteiger partial charge in [-0.05, 0) is 18.6 Å². The quantitative estimate of drug-likeness (QED) is 0.600. The third-order valence-corrected chi connectivity index (χ3v) is 4.30. The van der Waals surface area contributed by atoms with Crippen LogP contribution in [0.25, 0.3) is 11.0 Å². The summed E-state index contributed by atoms with van der Waals surface area (Å²) in [6.45, 7) is 5.66. The van der Waals surface area contributed by atoms with Gasteiger partial charge in [0.25, 0.3) is 0 Å². The molecule has 0 fully saturated rings. The van der Waals surface area contributed by atoms with Gasteiger partial charge in [0, 0.05) is 6.42 Å². The molecule has 116 valence electrons. The normalized spacial score (nSPS) is 13.6. The van der Waals surface area contributed by atoms with E-state index >= 15 is 0 Å². The SMILES string of the molecule is CCCCCCCn1c2[n+](c3ccccc31)CCCN2.[Br-]. The Kier molecular flexibility index (Phi) is 6.09. The zero-order chi connectivity index (χ0) is 13.8. The number of aryl methyl sites for hydroxylation is 2. The number of fused-ring (bicyclic) bond motifs is 3. The van der Waals surface area contributed by atoms with Crippen molar-refractivity contribution in [3.05, 3.63) is 24.3 Å². The Bertz CT molecular complexity index is 577. The van der Waals surface area contributed by atoms with Crippen LogP contribution in [0.1, 0.15) is 45.4 Å². The number of imidazole rings is 1. The van der Waals surface area contributed by atoms with E-state index in [0.29, 0.717) is 0 Å². The molecule has 3 rings (SSSR count). The third kappa shape index (κ3) is 3.42. The minimum atomic E-state index is 0. The molecule has 1 aliphatic heterocycles. The van der Waals surface area contributed by atoms with Crippen molar-refractivity contribution in [1.82, 2.24) is 4.57 Å². The number of anilines is 1. The summed E-state index contributed by atoms with van der Waals surface area (Å²) in [6, 6.07) is 8.81. The molecule has 4 heteroatoms. The van der Waals surface area contributed by atoms with Crippen LogP contribution in [0.15, 0.2) is 24.3 Å². The van der Waals surface area contributed by atoms with Crippen molar-refractivity contribution in [1.29, 1.82) is 0 Å². The number of halogens is 1. The maximum atomic E-state index is 3.60. The molecule has 3 nitrogen and oxygen atoms in total. The maximum absolute atomic E-state index is 3.60. The number of rotatable bonds is 6.